The Balaban J connectivity index is 1.43. The smallest absolute Gasteiger partial charge is 0.0909 e. The Hall–Kier alpha value is -2.01. The molecule has 0 radical (unpaired) electrons. The monoisotopic (exact) mass is 496 g/mol. The van der Waals surface area contributed by atoms with Crippen LogP contribution in [0.4, 0.5) is 0 Å². The Morgan fingerprint density at radius 1 is 1.11 bits per heavy atom. The maximum absolute atomic E-state index is 9.61. The van der Waals surface area contributed by atoms with Crippen molar-refractivity contribution in [3.05, 3.63) is 60.9 Å². The number of allylic oxidation sites excluding steroid dienone is 7. The number of hydrogen-bond donors (Lipinski definition) is 1. The normalized spacial score (nSPS) is 43.9. The van der Waals surface area contributed by atoms with Gasteiger partial charge in [-0.3, -0.25) is 0 Å². The summed E-state index contributed by atoms with van der Waals surface area (Å²) in [7, 11) is 0. The summed E-state index contributed by atoms with van der Waals surface area (Å²) in [5, 5.41) is 13.6. The van der Waals surface area contributed by atoms with Crippen molar-refractivity contribution in [2.45, 2.75) is 97.9 Å². The van der Waals surface area contributed by atoms with E-state index in [0.29, 0.717) is 35.1 Å². The van der Waals surface area contributed by atoms with Gasteiger partial charge >= 0.3 is 0 Å². The van der Waals surface area contributed by atoms with E-state index in [1.807, 2.05) is 0 Å². The van der Waals surface area contributed by atoms with E-state index in [2.05, 4.69) is 63.9 Å². The molecule has 6 rings (SSSR count). The second-order valence-corrected chi connectivity index (χ2v) is 15.1. The second kappa shape index (κ2) is 8.00. The molecule has 5 fully saturated rings. The van der Waals surface area contributed by atoms with E-state index in [0.717, 1.165) is 0 Å². The highest BCUT2D eigenvalue weighted by atomic mass is 15.0. The summed E-state index contributed by atoms with van der Waals surface area (Å²) < 4.78 is 0. The molecule has 0 saturated heterocycles. The fraction of sp³-hybridized carbons (Fsp3) is 0.686. The van der Waals surface area contributed by atoms with E-state index < -0.39 is 0 Å². The van der Waals surface area contributed by atoms with Crippen molar-refractivity contribution in [2.75, 3.05) is 0 Å². The molecular formula is C35H48N2. The van der Waals surface area contributed by atoms with E-state index in [9.17, 15) is 5.26 Å². The Morgan fingerprint density at radius 3 is 2.51 bits per heavy atom. The summed E-state index contributed by atoms with van der Waals surface area (Å²) >= 11 is 0. The van der Waals surface area contributed by atoms with Crippen molar-refractivity contribution in [3.8, 4) is 6.07 Å². The molecule has 5 saturated carbocycles. The van der Waals surface area contributed by atoms with Crippen LogP contribution in [-0.4, -0.2) is 6.04 Å². The number of fused-ring (bicyclic) bond motifs is 4. The van der Waals surface area contributed by atoms with Crippen molar-refractivity contribution >= 4 is 0 Å². The van der Waals surface area contributed by atoms with Crippen LogP contribution in [0.1, 0.15) is 91.9 Å². The Bertz CT molecular complexity index is 1140. The van der Waals surface area contributed by atoms with Gasteiger partial charge in [0.2, 0.25) is 0 Å². The van der Waals surface area contributed by atoms with Crippen molar-refractivity contribution in [1.29, 1.82) is 5.26 Å². The predicted molar refractivity (Wildman–Crippen MR) is 153 cm³/mol. The maximum Gasteiger partial charge on any atom is 0.0909 e. The van der Waals surface area contributed by atoms with Crippen LogP contribution in [0, 0.1) is 62.1 Å². The molecule has 0 aromatic carbocycles. The third-order valence-electron chi connectivity index (χ3n) is 12.8. The van der Waals surface area contributed by atoms with Crippen molar-refractivity contribution < 1.29 is 0 Å². The summed E-state index contributed by atoms with van der Waals surface area (Å²) in [6.45, 7) is 23.5. The lowest BCUT2D eigenvalue weighted by Crippen LogP contribution is -2.55. The minimum absolute atomic E-state index is 0.00580. The first kappa shape index (κ1) is 25.3. The Morgan fingerprint density at radius 2 is 1.86 bits per heavy atom. The minimum Gasteiger partial charge on any atom is -0.386 e. The van der Waals surface area contributed by atoms with Crippen LogP contribution in [-0.2, 0) is 0 Å². The molecule has 0 amide bonds. The third kappa shape index (κ3) is 3.16. The molecule has 6 aliphatic carbocycles. The molecule has 2 heteroatoms. The molecule has 0 heterocycles. The molecule has 1 spiro atoms. The van der Waals surface area contributed by atoms with Crippen LogP contribution in [0.5, 0.6) is 0 Å². The lowest BCUT2D eigenvalue weighted by atomic mass is 9.45. The largest absolute Gasteiger partial charge is 0.386 e. The van der Waals surface area contributed by atoms with E-state index in [-0.39, 0.29) is 21.7 Å². The second-order valence-electron chi connectivity index (χ2n) is 15.1. The summed E-state index contributed by atoms with van der Waals surface area (Å²) in [6.07, 6.45) is 21.5. The first-order valence-electron chi connectivity index (χ1n) is 15.1. The zero-order chi connectivity index (χ0) is 26.4. The molecule has 37 heavy (non-hydrogen) atoms. The van der Waals surface area contributed by atoms with Gasteiger partial charge in [0.1, 0.15) is 0 Å². The van der Waals surface area contributed by atoms with Crippen LogP contribution < -0.4 is 5.32 Å². The van der Waals surface area contributed by atoms with Crippen molar-refractivity contribution in [3.63, 3.8) is 0 Å². The zero-order valence-corrected chi connectivity index (χ0v) is 23.8. The quantitative estimate of drug-likeness (QED) is 0.295. The SMILES string of the molecule is C=CC(C)(C)C1CCC23C(=CC(=C)C4C5CC(C)(C)CCC5(C(=C)NC5CCC5)CCC42)C13/C=C/C#N. The molecule has 7 atom stereocenters. The molecule has 0 aliphatic heterocycles. The van der Waals surface area contributed by atoms with Gasteiger partial charge in [0, 0.05) is 34.1 Å². The molecule has 1 N–H and O–H groups in total. The van der Waals surface area contributed by atoms with E-state index >= 15 is 0 Å². The highest BCUT2D eigenvalue weighted by molar-refractivity contribution is 5.62. The van der Waals surface area contributed by atoms with Gasteiger partial charge < -0.3 is 5.32 Å². The highest BCUT2D eigenvalue weighted by Gasteiger charge is 2.82. The Labute approximate surface area is 226 Å². The van der Waals surface area contributed by atoms with E-state index in [4.69, 9.17) is 13.2 Å². The number of rotatable bonds is 6. The molecular weight excluding hydrogens is 448 g/mol. The molecule has 7 unspecified atom stereocenters. The van der Waals surface area contributed by atoms with Gasteiger partial charge in [-0.25, -0.2) is 0 Å². The third-order valence-corrected chi connectivity index (χ3v) is 12.8. The molecule has 198 valence electrons. The first-order valence-corrected chi connectivity index (χ1v) is 15.1. The van der Waals surface area contributed by atoms with Gasteiger partial charge in [0.05, 0.1) is 6.07 Å². The van der Waals surface area contributed by atoms with Gasteiger partial charge in [0.25, 0.3) is 0 Å². The summed E-state index contributed by atoms with van der Waals surface area (Å²) in [5.41, 5.74) is 5.09. The first-order chi connectivity index (χ1) is 17.5. The number of nitriles is 1. The van der Waals surface area contributed by atoms with Crippen LogP contribution >= 0.6 is 0 Å². The van der Waals surface area contributed by atoms with Gasteiger partial charge in [-0.15, -0.1) is 6.58 Å². The van der Waals surface area contributed by atoms with Crippen molar-refractivity contribution in [2.24, 2.45) is 50.7 Å². The van der Waals surface area contributed by atoms with Gasteiger partial charge in [-0.05, 0) is 98.7 Å². The average molecular weight is 497 g/mol. The van der Waals surface area contributed by atoms with E-state index in [1.54, 1.807) is 11.6 Å². The lowest BCUT2D eigenvalue weighted by Gasteiger charge is -2.60. The lowest BCUT2D eigenvalue weighted by molar-refractivity contribution is -0.0571. The number of hydrogen-bond acceptors (Lipinski definition) is 2. The molecule has 6 aliphatic rings. The summed E-state index contributed by atoms with van der Waals surface area (Å²) in [6, 6.07) is 2.99. The summed E-state index contributed by atoms with van der Waals surface area (Å²) in [5.74, 6) is 2.22. The fourth-order valence-electron chi connectivity index (χ4n) is 10.7. The molecule has 0 aromatic heterocycles. The molecule has 0 bridgehead atoms. The zero-order valence-electron chi connectivity index (χ0n) is 23.8. The fourth-order valence-corrected chi connectivity index (χ4v) is 10.7. The summed E-state index contributed by atoms with van der Waals surface area (Å²) in [4.78, 5) is 0. The van der Waals surface area contributed by atoms with Gasteiger partial charge in [-0.1, -0.05) is 70.2 Å². The number of nitrogens with zero attached hydrogens (tertiary/aromatic N) is 1. The van der Waals surface area contributed by atoms with Crippen LogP contribution in [0.2, 0.25) is 0 Å². The maximum atomic E-state index is 9.61. The van der Waals surface area contributed by atoms with Crippen LogP contribution in [0.3, 0.4) is 0 Å². The standard InChI is InChI=1S/C35H48N2/c1-8-32(6,7)28-14-17-34-26-13-16-33(24(3)37-25-11-9-12-25)19-18-31(4,5)22-27(33)30(26)23(2)21-29(34)35(28,34)15-10-20-36/h8,10,15,21,25-28,30,37H,1-3,9,11-14,16-19,22H2,4-7H3/b15-10+. The predicted octanol–water partition coefficient (Wildman–Crippen LogP) is 8.67. The topological polar surface area (TPSA) is 35.8 Å². The van der Waals surface area contributed by atoms with Gasteiger partial charge in [0.15, 0.2) is 0 Å². The molecule has 0 aromatic rings. The van der Waals surface area contributed by atoms with E-state index in [1.165, 1.54) is 75.5 Å². The van der Waals surface area contributed by atoms with Crippen molar-refractivity contribution in [1.82, 2.24) is 5.32 Å². The number of nitrogens with one attached hydrogen (secondary N) is 1. The molecule has 2 nitrogen and oxygen atoms in total. The van der Waals surface area contributed by atoms with Crippen LogP contribution in [0.25, 0.3) is 0 Å². The van der Waals surface area contributed by atoms with Crippen LogP contribution in [0.15, 0.2) is 60.9 Å². The Kier molecular flexibility index (Phi) is 5.47. The average Bonchev–Trinajstić information content (AvgIpc) is 3.21. The van der Waals surface area contributed by atoms with Gasteiger partial charge in [-0.2, -0.15) is 5.26 Å². The highest BCUT2D eigenvalue weighted by Crippen LogP contribution is 2.89. The minimum atomic E-state index is -0.00580.